The van der Waals surface area contributed by atoms with E-state index in [0.29, 0.717) is 17.9 Å². The lowest BCUT2D eigenvalue weighted by Crippen LogP contribution is -2.34. The van der Waals surface area contributed by atoms with E-state index < -0.39 is 0 Å². The first-order valence-corrected chi connectivity index (χ1v) is 10.3. The molecule has 4 rings (SSSR count). The second-order valence-corrected chi connectivity index (χ2v) is 7.66. The van der Waals surface area contributed by atoms with Crippen LogP contribution in [0, 0.1) is 5.82 Å². The Labute approximate surface area is 171 Å². The predicted molar refractivity (Wildman–Crippen MR) is 114 cm³/mol. The minimum Gasteiger partial charge on any atom is -0.373 e. The van der Waals surface area contributed by atoms with Crippen molar-refractivity contribution in [3.63, 3.8) is 0 Å². The third-order valence-electron chi connectivity index (χ3n) is 5.60. The second kappa shape index (κ2) is 9.14. The predicted octanol–water partition coefficient (Wildman–Crippen LogP) is 4.63. The maximum absolute atomic E-state index is 14.0. The molecule has 1 saturated heterocycles. The van der Waals surface area contributed by atoms with Crippen LogP contribution in [0.4, 0.5) is 10.2 Å². The van der Waals surface area contributed by atoms with Crippen molar-refractivity contribution in [1.82, 2.24) is 14.9 Å². The third kappa shape index (κ3) is 4.80. The Morgan fingerprint density at radius 3 is 2.79 bits per heavy atom. The summed E-state index contributed by atoms with van der Waals surface area (Å²) in [6.07, 6.45) is 4.63. The highest BCUT2D eigenvalue weighted by molar-refractivity contribution is 5.42. The Kier molecular flexibility index (Phi) is 6.15. The van der Waals surface area contributed by atoms with Crippen molar-refractivity contribution >= 4 is 5.82 Å². The molecule has 4 nitrogen and oxygen atoms in total. The Morgan fingerprint density at radius 2 is 1.93 bits per heavy atom. The van der Waals surface area contributed by atoms with Crippen molar-refractivity contribution < 1.29 is 4.39 Å². The summed E-state index contributed by atoms with van der Waals surface area (Å²) in [6, 6.07) is 17.2. The molecule has 0 bridgehead atoms. The molecule has 29 heavy (non-hydrogen) atoms. The van der Waals surface area contributed by atoms with E-state index in [9.17, 15) is 4.39 Å². The van der Waals surface area contributed by atoms with Gasteiger partial charge in [0.15, 0.2) is 0 Å². The number of piperidine rings is 1. The van der Waals surface area contributed by atoms with Crippen LogP contribution in [-0.4, -0.2) is 35.0 Å². The van der Waals surface area contributed by atoms with Crippen LogP contribution in [0.3, 0.4) is 0 Å². The van der Waals surface area contributed by atoms with Gasteiger partial charge >= 0.3 is 0 Å². The SMILES string of the molecule is CNc1ncccc1CN1CCCC(c2cccc(Cc3ccccc3F)n2)C1. The maximum atomic E-state index is 14.0. The topological polar surface area (TPSA) is 41.1 Å². The smallest absolute Gasteiger partial charge is 0.130 e. The Hall–Kier alpha value is -2.79. The highest BCUT2D eigenvalue weighted by atomic mass is 19.1. The van der Waals surface area contributed by atoms with E-state index in [2.05, 4.69) is 33.4 Å². The summed E-state index contributed by atoms with van der Waals surface area (Å²) in [5.74, 6) is 1.18. The van der Waals surface area contributed by atoms with Crippen molar-refractivity contribution in [2.75, 3.05) is 25.5 Å². The number of nitrogens with one attached hydrogen (secondary N) is 1. The van der Waals surface area contributed by atoms with Crippen LogP contribution in [0.1, 0.15) is 41.3 Å². The number of hydrogen-bond acceptors (Lipinski definition) is 4. The summed E-state index contributed by atoms with van der Waals surface area (Å²) in [5, 5.41) is 3.18. The average molecular weight is 391 g/mol. The molecule has 1 aromatic carbocycles. The fourth-order valence-corrected chi connectivity index (χ4v) is 4.13. The number of hydrogen-bond donors (Lipinski definition) is 1. The minimum absolute atomic E-state index is 0.166. The normalized spacial score (nSPS) is 17.2. The van der Waals surface area contributed by atoms with Crippen LogP contribution in [0.5, 0.6) is 0 Å². The van der Waals surface area contributed by atoms with Crippen molar-refractivity contribution in [2.24, 2.45) is 0 Å². The molecule has 0 radical (unpaired) electrons. The number of aromatic nitrogens is 2. The summed E-state index contributed by atoms with van der Waals surface area (Å²) in [7, 11) is 1.91. The number of likely N-dealkylation sites (tertiary alicyclic amines) is 1. The zero-order valence-electron chi connectivity index (χ0n) is 16.8. The standard InChI is InChI=1S/C24H27FN4/c1-26-24-20(8-5-13-27-24)17-29-14-6-9-19(16-29)23-12-4-10-21(28-23)15-18-7-2-3-11-22(18)25/h2-5,7-8,10-13,19H,6,9,14-17H2,1H3,(H,26,27). The molecule has 1 N–H and O–H groups in total. The summed E-state index contributed by atoms with van der Waals surface area (Å²) in [5.41, 5.74) is 3.95. The van der Waals surface area contributed by atoms with Gasteiger partial charge in [0.05, 0.1) is 0 Å². The Morgan fingerprint density at radius 1 is 1.07 bits per heavy atom. The van der Waals surface area contributed by atoms with Crippen molar-refractivity contribution in [3.8, 4) is 0 Å². The van der Waals surface area contributed by atoms with Crippen LogP contribution in [-0.2, 0) is 13.0 Å². The van der Waals surface area contributed by atoms with E-state index in [1.807, 2.05) is 37.5 Å². The molecule has 0 amide bonds. The van der Waals surface area contributed by atoms with Gasteiger partial charge in [-0.05, 0) is 49.2 Å². The van der Waals surface area contributed by atoms with Gasteiger partial charge in [0.25, 0.3) is 0 Å². The quantitative estimate of drug-likeness (QED) is 0.666. The first-order valence-electron chi connectivity index (χ1n) is 10.3. The molecule has 0 saturated carbocycles. The number of pyridine rings is 2. The van der Waals surface area contributed by atoms with E-state index in [4.69, 9.17) is 4.98 Å². The molecule has 150 valence electrons. The van der Waals surface area contributed by atoms with Crippen molar-refractivity contribution in [3.05, 3.63) is 89.1 Å². The molecule has 2 aromatic heterocycles. The zero-order chi connectivity index (χ0) is 20.1. The first-order chi connectivity index (χ1) is 14.2. The van der Waals surface area contributed by atoms with Crippen LogP contribution < -0.4 is 5.32 Å². The monoisotopic (exact) mass is 390 g/mol. The van der Waals surface area contributed by atoms with Crippen molar-refractivity contribution in [2.45, 2.75) is 31.7 Å². The van der Waals surface area contributed by atoms with Gasteiger partial charge < -0.3 is 5.32 Å². The first kappa shape index (κ1) is 19.5. The molecule has 3 heterocycles. The van der Waals surface area contributed by atoms with Gasteiger partial charge in [0.1, 0.15) is 11.6 Å². The van der Waals surface area contributed by atoms with Crippen LogP contribution in [0.2, 0.25) is 0 Å². The molecule has 5 heteroatoms. The lowest BCUT2D eigenvalue weighted by molar-refractivity contribution is 0.198. The van der Waals surface area contributed by atoms with Gasteiger partial charge in [0, 0.05) is 55.6 Å². The molecule has 1 aliphatic heterocycles. The molecule has 1 atom stereocenters. The number of halogens is 1. The molecular formula is C24H27FN4. The van der Waals surface area contributed by atoms with Gasteiger partial charge in [-0.1, -0.05) is 30.3 Å². The van der Waals surface area contributed by atoms with Gasteiger partial charge in [-0.2, -0.15) is 0 Å². The van der Waals surface area contributed by atoms with Crippen LogP contribution in [0.15, 0.2) is 60.8 Å². The van der Waals surface area contributed by atoms with E-state index in [0.717, 1.165) is 49.7 Å². The molecule has 1 fully saturated rings. The van der Waals surface area contributed by atoms with Gasteiger partial charge in [-0.25, -0.2) is 9.37 Å². The Balaban J connectivity index is 1.46. The number of nitrogens with zero attached hydrogens (tertiary/aromatic N) is 3. The van der Waals surface area contributed by atoms with Crippen molar-refractivity contribution in [1.29, 1.82) is 0 Å². The summed E-state index contributed by atoms with van der Waals surface area (Å²) in [6.45, 7) is 2.95. The molecule has 3 aromatic rings. The minimum atomic E-state index is -0.166. The molecule has 0 aliphatic carbocycles. The number of anilines is 1. The van der Waals surface area contributed by atoms with Crippen LogP contribution >= 0.6 is 0 Å². The second-order valence-electron chi connectivity index (χ2n) is 7.66. The van der Waals surface area contributed by atoms with E-state index in [1.54, 1.807) is 6.07 Å². The Bertz CT molecular complexity index is 959. The van der Waals surface area contributed by atoms with Gasteiger partial charge in [-0.15, -0.1) is 0 Å². The number of benzene rings is 1. The largest absolute Gasteiger partial charge is 0.373 e. The fraction of sp³-hybridized carbons (Fsp3) is 0.333. The van der Waals surface area contributed by atoms with E-state index in [-0.39, 0.29) is 5.82 Å². The highest BCUT2D eigenvalue weighted by Crippen LogP contribution is 2.28. The van der Waals surface area contributed by atoms with E-state index >= 15 is 0 Å². The lowest BCUT2D eigenvalue weighted by atomic mass is 9.93. The summed E-state index contributed by atoms with van der Waals surface area (Å²) in [4.78, 5) is 11.8. The molecule has 1 unspecified atom stereocenters. The number of rotatable bonds is 6. The summed E-state index contributed by atoms with van der Waals surface area (Å²) < 4.78 is 14.0. The molecule has 1 aliphatic rings. The van der Waals surface area contributed by atoms with Gasteiger partial charge in [0.2, 0.25) is 0 Å². The average Bonchev–Trinajstić information content (AvgIpc) is 2.76. The molecular weight excluding hydrogens is 363 g/mol. The van der Waals surface area contributed by atoms with E-state index in [1.165, 1.54) is 11.6 Å². The zero-order valence-corrected chi connectivity index (χ0v) is 16.8. The van der Waals surface area contributed by atoms with Gasteiger partial charge in [-0.3, -0.25) is 9.88 Å². The summed E-state index contributed by atoms with van der Waals surface area (Å²) >= 11 is 0. The third-order valence-corrected chi connectivity index (χ3v) is 5.60. The molecule has 0 spiro atoms. The highest BCUT2D eigenvalue weighted by Gasteiger charge is 2.23. The van der Waals surface area contributed by atoms with Crippen LogP contribution in [0.25, 0.3) is 0 Å². The fourth-order valence-electron chi connectivity index (χ4n) is 4.13. The lowest BCUT2D eigenvalue weighted by Gasteiger charge is -2.33. The maximum Gasteiger partial charge on any atom is 0.130 e.